The Morgan fingerprint density at radius 1 is 0.417 bits per heavy atom. The highest BCUT2D eigenvalue weighted by atomic mass is 32.2. The van der Waals surface area contributed by atoms with Gasteiger partial charge in [-0.3, -0.25) is 18.2 Å². The Balaban J connectivity index is 1.45. The smallest absolute Gasteiger partial charge is 0.343 e. The van der Waals surface area contributed by atoms with Crippen molar-refractivity contribution in [3.05, 3.63) is 96.1 Å². The number of hydrogen-bond donors (Lipinski definition) is 4. The monoisotopic (exact) mass is 738 g/mol. The third kappa shape index (κ3) is 7.35. The third-order valence-electron chi connectivity index (χ3n) is 6.67. The highest BCUT2D eigenvalue weighted by molar-refractivity contribution is 7.86. The number of ether oxygens (including phenoxy) is 2. The third-order valence-corrected chi connectivity index (χ3v) is 10.0. The molecule has 0 aliphatic heterocycles. The maximum absolute atomic E-state index is 13.0. The van der Waals surface area contributed by atoms with Crippen LogP contribution in [-0.2, 0) is 40.5 Å². The fourth-order valence-electron chi connectivity index (χ4n) is 4.42. The first kappa shape index (κ1) is 34.5. The van der Waals surface area contributed by atoms with Crippen LogP contribution in [0.25, 0.3) is 21.5 Å². The maximum Gasteiger partial charge on any atom is 0.343 e. The number of carbonyl (C=O) groups is 2. The van der Waals surface area contributed by atoms with Gasteiger partial charge in [-0.2, -0.15) is 33.7 Å². The summed E-state index contributed by atoms with van der Waals surface area (Å²) in [6, 6.07) is 13.8. The van der Waals surface area contributed by atoms with Crippen molar-refractivity contribution in [2.75, 3.05) is 0 Å². The van der Waals surface area contributed by atoms with Crippen LogP contribution in [0.2, 0.25) is 0 Å². The van der Waals surface area contributed by atoms with Gasteiger partial charge in [0.15, 0.2) is 0 Å². The minimum Gasteiger partial charge on any atom is -0.422 e. The summed E-state index contributed by atoms with van der Waals surface area (Å²) in [6.45, 7) is 0. The molecule has 0 aliphatic rings. The number of carbonyl (C=O) groups excluding carboxylic acids is 2. The summed E-state index contributed by atoms with van der Waals surface area (Å²) in [7, 11) is -19.2. The molecule has 0 atom stereocenters. The topological polar surface area (TPSA) is 270 Å². The standard InChI is InChI=1S/C28H18O16S4/c29-27(43-25-13-21(47(37,38)39)11-17-9-19(45(31,32)33)5-7-23(17)25)15-1-2-16(4-3-15)28(30)44-26-14-22(48(40,41)42)12-18-10-20(46(34,35)36)6-8-24(18)26/h1-14H,(H,31,32,33)(H,34,35,36)(H,37,38,39)(H,40,41,42). The van der Waals surface area contributed by atoms with Gasteiger partial charge in [-0.15, -0.1) is 0 Å². The molecule has 0 heterocycles. The Morgan fingerprint density at radius 3 is 1.00 bits per heavy atom. The van der Waals surface area contributed by atoms with E-state index in [0.717, 1.165) is 84.9 Å². The summed E-state index contributed by atoms with van der Waals surface area (Å²) < 4.78 is 142. The van der Waals surface area contributed by atoms with Crippen LogP contribution in [0.15, 0.2) is 105 Å². The summed E-state index contributed by atoms with van der Waals surface area (Å²) in [5, 5.41) is -0.236. The van der Waals surface area contributed by atoms with Crippen molar-refractivity contribution in [2.24, 2.45) is 0 Å². The summed E-state index contributed by atoms with van der Waals surface area (Å²) in [4.78, 5) is 23.2. The van der Waals surface area contributed by atoms with Crippen LogP contribution in [-0.4, -0.2) is 63.8 Å². The molecule has 5 rings (SSSR count). The highest BCUT2D eigenvalue weighted by Crippen LogP contribution is 2.34. The molecule has 0 fully saturated rings. The van der Waals surface area contributed by atoms with Gasteiger partial charge in [0, 0.05) is 22.9 Å². The first-order chi connectivity index (χ1) is 22.1. The fourth-order valence-corrected chi connectivity index (χ4v) is 6.52. The van der Waals surface area contributed by atoms with Crippen LogP contribution in [0.1, 0.15) is 20.7 Å². The molecule has 0 aromatic heterocycles. The van der Waals surface area contributed by atoms with Crippen molar-refractivity contribution in [3.63, 3.8) is 0 Å². The van der Waals surface area contributed by atoms with Gasteiger partial charge < -0.3 is 9.47 Å². The molecule has 5 aromatic carbocycles. The van der Waals surface area contributed by atoms with Crippen molar-refractivity contribution in [2.45, 2.75) is 19.6 Å². The van der Waals surface area contributed by atoms with Gasteiger partial charge in [0.25, 0.3) is 40.5 Å². The van der Waals surface area contributed by atoms with Crippen molar-refractivity contribution < 1.29 is 70.9 Å². The lowest BCUT2D eigenvalue weighted by Crippen LogP contribution is -2.12. The van der Waals surface area contributed by atoms with Crippen molar-refractivity contribution in [1.29, 1.82) is 0 Å². The molecule has 0 unspecified atom stereocenters. The molecule has 0 aliphatic carbocycles. The molecule has 0 saturated carbocycles. The van der Waals surface area contributed by atoms with E-state index >= 15 is 0 Å². The molecular formula is C28H18O16S4. The van der Waals surface area contributed by atoms with Gasteiger partial charge in [-0.25, -0.2) is 9.59 Å². The molecule has 16 nitrogen and oxygen atoms in total. The van der Waals surface area contributed by atoms with Gasteiger partial charge >= 0.3 is 11.9 Å². The second-order valence-electron chi connectivity index (χ2n) is 9.87. The lowest BCUT2D eigenvalue weighted by Gasteiger charge is -2.12. The van der Waals surface area contributed by atoms with E-state index in [4.69, 9.17) is 9.47 Å². The van der Waals surface area contributed by atoms with Crippen LogP contribution in [0.3, 0.4) is 0 Å². The Bertz CT molecular complexity index is 2440. The van der Waals surface area contributed by atoms with E-state index in [9.17, 15) is 61.5 Å². The second kappa shape index (κ2) is 12.0. The van der Waals surface area contributed by atoms with E-state index < -0.39 is 83.5 Å². The zero-order valence-electron chi connectivity index (χ0n) is 23.4. The zero-order valence-corrected chi connectivity index (χ0v) is 26.7. The molecule has 0 spiro atoms. The number of benzene rings is 5. The molecule has 250 valence electrons. The van der Waals surface area contributed by atoms with Crippen LogP contribution < -0.4 is 9.47 Å². The summed E-state index contributed by atoms with van der Waals surface area (Å²) in [6.07, 6.45) is 0. The Kier molecular flexibility index (Phi) is 8.65. The van der Waals surface area contributed by atoms with Gasteiger partial charge in [0.2, 0.25) is 0 Å². The van der Waals surface area contributed by atoms with Crippen LogP contribution in [0.4, 0.5) is 0 Å². The van der Waals surface area contributed by atoms with E-state index in [0.29, 0.717) is 0 Å². The lowest BCUT2D eigenvalue weighted by atomic mass is 10.1. The van der Waals surface area contributed by atoms with E-state index in [1.807, 2.05) is 0 Å². The van der Waals surface area contributed by atoms with E-state index in [1.54, 1.807) is 0 Å². The van der Waals surface area contributed by atoms with Crippen molar-refractivity contribution in [3.8, 4) is 11.5 Å². The van der Waals surface area contributed by atoms with Crippen LogP contribution in [0, 0.1) is 0 Å². The van der Waals surface area contributed by atoms with E-state index in [-0.39, 0.29) is 32.7 Å². The van der Waals surface area contributed by atoms with Crippen LogP contribution >= 0.6 is 0 Å². The maximum atomic E-state index is 13.0. The molecule has 5 aromatic rings. The average Bonchev–Trinajstić information content (AvgIpc) is 2.98. The van der Waals surface area contributed by atoms with Gasteiger partial charge in [-0.05, 0) is 83.6 Å². The SMILES string of the molecule is O=C(Oc1cc(S(=O)(=O)O)cc2cc(S(=O)(=O)O)ccc12)c1ccc(C(=O)Oc2cc(S(=O)(=O)O)cc3cc(S(=O)(=O)O)ccc23)cc1. The Labute approximate surface area is 271 Å². The number of hydrogen-bond acceptors (Lipinski definition) is 12. The Morgan fingerprint density at radius 2 is 0.708 bits per heavy atom. The number of rotatable bonds is 8. The molecule has 20 heteroatoms. The number of fused-ring (bicyclic) bond motifs is 2. The predicted molar refractivity (Wildman–Crippen MR) is 164 cm³/mol. The molecule has 0 amide bonds. The largest absolute Gasteiger partial charge is 0.422 e. The summed E-state index contributed by atoms with van der Waals surface area (Å²) in [5.74, 6) is -3.02. The van der Waals surface area contributed by atoms with Crippen LogP contribution in [0.5, 0.6) is 11.5 Å². The molecule has 4 N–H and O–H groups in total. The summed E-state index contributed by atoms with van der Waals surface area (Å²) in [5.41, 5.74) is -0.383. The van der Waals surface area contributed by atoms with Crippen molar-refractivity contribution >= 4 is 74.0 Å². The fraction of sp³-hybridized carbons (Fsp3) is 0. The quantitative estimate of drug-likeness (QED) is 0.101. The molecule has 0 saturated heterocycles. The lowest BCUT2D eigenvalue weighted by molar-refractivity contribution is 0.0722. The molecule has 0 radical (unpaired) electrons. The Hall–Kier alpha value is -4.80. The van der Waals surface area contributed by atoms with Gasteiger partial charge in [0.05, 0.1) is 30.7 Å². The minimum atomic E-state index is -4.88. The highest BCUT2D eigenvalue weighted by Gasteiger charge is 2.22. The van der Waals surface area contributed by atoms with E-state index in [1.165, 1.54) is 0 Å². The first-order valence-corrected chi connectivity index (χ1v) is 18.5. The van der Waals surface area contributed by atoms with Gasteiger partial charge in [-0.1, -0.05) is 0 Å². The van der Waals surface area contributed by atoms with E-state index in [2.05, 4.69) is 0 Å². The second-order valence-corrected chi connectivity index (χ2v) is 15.6. The first-order valence-electron chi connectivity index (χ1n) is 12.7. The normalized spacial score (nSPS) is 12.6. The zero-order chi connectivity index (χ0) is 35.4. The van der Waals surface area contributed by atoms with Gasteiger partial charge in [0.1, 0.15) is 11.5 Å². The number of esters is 2. The average molecular weight is 739 g/mol. The molecule has 0 bridgehead atoms. The minimum absolute atomic E-state index is 0.0198. The molecule has 48 heavy (non-hydrogen) atoms. The molecular weight excluding hydrogens is 721 g/mol. The summed E-state index contributed by atoms with van der Waals surface area (Å²) >= 11 is 0. The van der Waals surface area contributed by atoms with Crippen molar-refractivity contribution in [1.82, 2.24) is 0 Å². The predicted octanol–water partition coefficient (Wildman–Crippen LogP) is 3.42.